The molecule has 3 aromatic heterocycles. The van der Waals surface area contributed by atoms with Crippen LogP contribution < -0.4 is 10.6 Å². The number of anilines is 2. The van der Waals surface area contributed by atoms with Crippen LogP contribution in [0.2, 0.25) is 0 Å². The van der Waals surface area contributed by atoms with Gasteiger partial charge in [-0.1, -0.05) is 18.2 Å². The molecule has 33 heavy (non-hydrogen) atoms. The molecule has 0 radical (unpaired) electrons. The number of carbonyl (C=O) groups excluding carboxylic acids is 1. The third kappa shape index (κ3) is 3.67. The molecule has 0 saturated carbocycles. The minimum Gasteiger partial charge on any atom is -0.355 e. The SMILES string of the molecule is CNC(=O)c1cnc(Nc2ccn(C)n2)c2c1C=C(c1cccc(-c3cnn(C)c3)c1F)C2. The Labute approximate surface area is 189 Å². The normalized spacial score (nSPS) is 12.4. The number of pyridine rings is 1. The Morgan fingerprint density at radius 3 is 2.64 bits per heavy atom. The molecule has 3 heterocycles. The molecule has 0 atom stereocenters. The van der Waals surface area contributed by atoms with Crippen LogP contribution in [-0.2, 0) is 20.5 Å². The van der Waals surface area contributed by atoms with Crippen molar-refractivity contribution in [1.29, 1.82) is 0 Å². The van der Waals surface area contributed by atoms with Crippen molar-refractivity contribution < 1.29 is 9.18 Å². The summed E-state index contributed by atoms with van der Waals surface area (Å²) in [5.74, 6) is 0.660. The molecule has 166 valence electrons. The lowest BCUT2D eigenvalue weighted by Gasteiger charge is -2.12. The van der Waals surface area contributed by atoms with Gasteiger partial charge in [-0.2, -0.15) is 10.2 Å². The van der Waals surface area contributed by atoms with E-state index in [1.807, 2.05) is 31.5 Å². The zero-order valence-electron chi connectivity index (χ0n) is 18.4. The number of hydrogen-bond donors (Lipinski definition) is 2. The van der Waals surface area contributed by atoms with Crippen LogP contribution >= 0.6 is 0 Å². The number of halogens is 1. The highest BCUT2D eigenvalue weighted by atomic mass is 19.1. The fourth-order valence-corrected chi connectivity index (χ4v) is 4.09. The molecule has 8 nitrogen and oxygen atoms in total. The molecule has 0 spiro atoms. The number of benzene rings is 1. The molecule has 1 amide bonds. The van der Waals surface area contributed by atoms with Crippen molar-refractivity contribution in [3.8, 4) is 11.1 Å². The van der Waals surface area contributed by atoms with Crippen LogP contribution in [0.25, 0.3) is 22.8 Å². The highest BCUT2D eigenvalue weighted by molar-refractivity contribution is 6.03. The van der Waals surface area contributed by atoms with Crippen LogP contribution in [0.1, 0.15) is 27.0 Å². The van der Waals surface area contributed by atoms with Crippen molar-refractivity contribution in [1.82, 2.24) is 29.9 Å². The van der Waals surface area contributed by atoms with Gasteiger partial charge in [0.05, 0.1) is 11.8 Å². The summed E-state index contributed by atoms with van der Waals surface area (Å²) in [6.45, 7) is 0. The van der Waals surface area contributed by atoms with Gasteiger partial charge < -0.3 is 10.6 Å². The number of carbonyl (C=O) groups is 1. The lowest BCUT2D eigenvalue weighted by Crippen LogP contribution is -2.20. The molecule has 0 aliphatic heterocycles. The summed E-state index contributed by atoms with van der Waals surface area (Å²) >= 11 is 0. The zero-order valence-corrected chi connectivity index (χ0v) is 18.4. The summed E-state index contributed by atoms with van der Waals surface area (Å²) in [5.41, 5.74) is 4.44. The smallest absolute Gasteiger partial charge is 0.253 e. The first-order chi connectivity index (χ1) is 15.9. The molecule has 1 aliphatic rings. The zero-order chi connectivity index (χ0) is 23.1. The van der Waals surface area contributed by atoms with E-state index in [9.17, 15) is 4.79 Å². The molecule has 1 aromatic carbocycles. The molecule has 0 unspecified atom stereocenters. The number of amides is 1. The van der Waals surface area contributed by atoms with Crippen molar-refractivity contribution >= 4 is 29.2 Å². The quantitative estimate of drug-likeness (QED) is 0.492. The Morgan fingerprint density at radius 2 is 1.94 bits per heavy atom. The minimum absolute atomic E-state index is 0.245. The summed E-state index contributed by atoms with van der Waals surface area (Å²) in [4.78, 5) is 17.0. The first-order valence-electron chi connectivity index (χ1n) is 10.4. The second-order valence-electron chi connectivity index (χ2n) is 7.91. The van der Waals surface area contributed by atoms with Crippen LogP contribution in [0.4, 0.5) is 16.0 Å². The molecule has 5 rings (SSSR count). The van der Waals surface area contributed by atoms with E-state index in [1.165, 1.54) is 6.20 Å². The van der Waals surface area contributed by atoms with Crippen LogP contribution in [0.3, 0.4) is 0 Å². The second kappa shape index (κ2) is 8.01. The highest BCUT2D eigenvalue weighted by Gasteiger charge is 2.26. The van der Waals surface area contributed by atoms with E-state index in [2.05, 4.69) is 25.8 Å². The van der Waals surface area contributed by atoms with Crippen molar-refractivity contribution in [2.24, 2.45) is 14.1 Å². The number of nitrogens with one attached hydrogen (secondary N) is 2. The van der Waals surface area contributed by atoms with Gasteiger partial charge in [0.2, 0.25) is 0 Å². The fraction of sp³-hybridized carbons (Fsp3) is 0.167. The molecular weight excluding hydrogens is 421 g/mol. The summed E-state index contributed by atoms with van der Waals surface area (Å²) in [7, 11) is 5.20. The van der Waals surface area contributed by atoms with Gasteiger partial charge in [0.15, 0.2) is 5.82 Å². The van der Waals surface area contributed by atoms with Crippen LogP contribution in [-0.4, -0.2) is 37.5 Å². The van der Waals surface area contributed by atoms with Crippen LogP contribution in [0.5, 0.6) is 0 Å². The lowest BCUT2D eigenvalue weighted by atomic mass is 9.98. The number of fused-ring (bicyclic) bond motifs is 1. The van der Waals surface area contributed by atoms with E-state index in [1.54, 1.807) is 48.0 Å². The van der Waals surface area contributed by atoms with Gasteiger partial charge in [0.25, 0.3) is 5.91 Å². The topological polar surface area (TPSA) is 89.7 Å². The Balaban J connectivity index is 1.58. The maximum absolute atomic E-state index is 15.6. The number of aromatic nitrogens is 5. The van der Waals surface area contributed by atoms with E-state index < -0.39 is 0 Å². The van der Waals surface area contributed by atoms with Crippen molar-refractivity contribution in [2.75, 3.05) is 12.4 Å². The summed E-state index contributed by atoms with van der Waals surface area (Å²) in [5, 5.41) is 14.4. The van der Waals surface area contributed by atoms with E-state index >= 15 is 4.39 Å². The average Bonchev–Trinajstić information content (AvgIpc) is 3.54. The van der Waals surface area contributed by atoms with Gasteiger partial charge in [-0.3, -0.25) is 14.2 Å². The second-order valence-corrected chi connectivity index (χ2v) is 7.91. The number of aryl methyl sites for hydroxylation is 2. The minimum atomic E-state index is -0.321. The standard InChI is InChI=1S/C24H22FN7O/c1-26-24(33)20-12-27-23(29-21-7-8-31(2)30-21)19-10-14(9-18(19)20)16-5-4-6-17(22(16)25)15-11-28-32(3)13-15/h4-9,11-13H,10H2,1-3H3,(H,26,33)(H,27,29,30). The fourth-order valence-electron chi connectivity index (χ4n) is 4.09. The van der Waals surface area contributed by atoms with Crippen molar-refractivity contribution in [3.63, 3.8) is 0 Å². The number of rotatable bonds is 5. The average molecular weight is 443 g/mol. The van der Waals surface area contributed by atoms with Crippen LogP contribution in [0, 0.1) is 5.82 Å². The number of hydrogen-bond acceptors (Lipinski definition) is 5. The van der Waals surface area contributed by atoms with Gasteiger partial charge >= 0.3 is 0 Å². The Morgan fingerprint density at radius 1 is 1.12 bits per heavy atom. The molecule has 0 saturated heterocycles. The van der Waals surface area contributed by atoms with E-state index in [4.69, 9.17) is 0 Å². The predicted molar refractivity (Wildman–Crippen MR) is 124 cm³/mol. The first-order valence-corrected chi connectivity index (χ1v) is 10.4. The molecule has 4 aromatic rings. The van der Waals surface area contributed by atoms with Crippen molar-refractivity contribution in [2.45, 2.75) is 6.42 Å². The third-order valence-electron chi connectivity index (χ3n) is 5.70. The van der Waals surface area contributed by atoms with E-state index in [0.717, 1.165) is 16.7 Å². The Bertz CT molecular complexity index is 1420. The molecule has 0 fully saturated rings. The van der Waals surface area contributed by atoms with Gasteiger partial charge in [-0.15, -0.1) is 0 Å². The van der Waals surface area contributed by atoms with Gasteiger partial charge in [0.1, 0.15) is 11.6 Å². The Kier molecular flexibility index (Phi) is 5.01. The molecular formula is C24H22FN7O. The number of allylic oxidation sites excluding steroid dienone is 1. The van der Waals surface area contributed by atoms with Crippen LogP contribution in [0.15, 0.2) is 49.1 Å². The summed E-state index contributed by atoms with van der Waals surface area (Å²) in [6, 6.07) is 7.16. The number of nitrogens with zero attached hydrogens (tertiary/aromatic N) is 5. The molecule has 2 N–H and O–H groups in total. The summed E-state index contributed by atoms with van der Waals surface area (Å²) < 4.78 is 18.9. The van der Waals surface area contributed by atoms with Gasteiger partial charge in [-0.25, -0.2) is 9.37 Å². The first kappa shape index (κ1) is 20.6. The highest BCUT2D eigenvalue weighted by Crippen LogP contribution is 2.39. The maximum Gasteiger partial charge on any atom is 0.253 e. The van der Waals surface area contributed by atoms with Gasteiger partial charge in [0, 0.05) is 74.5 Å². The van der Waals surface area contributed by atoms with E-state index in [0.29, 0.717) is 40.3 Å². The molecule has 1 aliphatic carbocycles. The molecule has 0 bridgehead atoms. The monoisotopic (exact) mass is 443 g/mol. The van der Waals surface area contributed by atoms with E-state index in [-0.39, 0.29) is 11.7 Å². The molecule has 9 heteroatoms. The Hall–Kier alpha value is -4.27. The van der Waals surface area contributed by atoms with Crippen molar-refractivity contribution in [3.05, 3.63) is 77.1 Å². The summed E-state index contributed by atoms with van der Waals surface area (Å²) in [6.07, 6.45) is 9.08. The van der Waals surface area contributed by atoms with Gasteiger partial charge in [-0.05, 0) is 17.2 Å². The predicted octanol–water partition coefficient (Wildman–Crippen LogP) is 3.55. The third-order valence-corrected chi connectivity index (χ3v) is 5.70. The largest absolute Gasteiger partial charge is 0.355 e. The maximum atomic E-state index is 15.6. The lowest BCUT2D eigenvalue weighted by molar-refractivity contribution is 0.0962.